The number of guanidine groups is 1. The Labute approximate surface area is 178 Å². The normalized spacial score (nSPS) is 13.4. The quantitative estimate of drug-likeness (QED) is 0.219. The summed E-state index contributed by atoms with van der Waals surface area (Å²) in [7, 11) is 1.65. The molecule has 0 saturated carbocycles. The van der Waals surface area contributed by atoms with Gasteiger partial charge in [-0.3, -0.25) is 21.5 Å². The van der Waals surface area contributed by atoms with Gasteiger partial charge in [0.1, 0.15) is 17.2 Å². The molecule has 7 N–H and O–H groups in total. The Morgan fingerprint density at radius 3 is 2.27 bits per heavy atom. The number of carbonyl (C=O) groups is 1. The molecule has 0 bridgehead atoms. The number of hydrogen-bond acceptors (Lipinski definition) is 4. The van der Waals surface area contributed by atoms with Crippen LogP contribution in [0.3, 0.4) is 0 Å². The lowest BCUT2D eigenvalue weighted by molar-refractivity contribution is 0.101. The van der Waals surface area contributed by atoms with E-state index in [0.29, 0.717) is 30.2 Å². The lowest BCUT2D eigenvalue weighted by atomic mass is 10.0. The van der Waals surface area contributed by atoms with Crippen LogP contribution in [0.2, 0.25) is 0 Å². The predicted molar refractivity (Wildman–Crippen MR) is 115 cm³/mol. The van der Waals surface area contributed by atoms with E-state index in [4.69, 9.17) is 22.7 Å². The van der Waals surface area contributed by atoms with Gasteiger partial charge in [0.2, 0.25) is 0 Å². The van der Waals surface area contributed by atoms with Crippen LogP contribution < -0.4 is 22.3 Å². The van der Waals surface area contributed by atoms with Crippen LogP contribution in [0.5, 0.6) is 0 Å². The second-order valence-electron chi connectivity index (χ2n) is 6.36. The van der Waals surface area contributed by atoms with Crippen LogP contribution in [0.4, 0.5) is 14.5 Å². The molecule has 1 aliphatic heterocycles. The van der Waals surface area contributed by atoms with Crippen molar-refractivity contribution >= 4 is 34.7 Å². The van der Waals surface area contributed by atoms with E-state index < -0.39 is 23.1 Å². The van der Waals surface area contributed by atoms with Crippen LogP contribution in [0.15, 0.2) is 47.5 Å². The maximum atomic E-state index is 13.7. The van der Waals surface area contributed by atoms with Crippen molar-refractivity contribution in [3.63, 3.8) is 0 Å². The van der Waals surface area contributed by atoms with Crippen molar-refractivity contribution < 1.29 is 13.6 Å². The van der Waals surface area contributed by atoms with E-state index in [0.717, 1.165) is 23.3 Å². The van der Waals surface area contributed by atoms with Gasteiger partial charge < -0.3 is 16.0 Å². The topological polar surface area (TPSA) is 120 Å². The number of carbonyl (C=O) groups excluding carboxylic acids is 1. The zero-order chi connectivity index (χ0) is 22.3. The first-order valence-electron chi connectivity index (χ1n) is 8.98. The zero-order valence-corrected chi connectivity index (χ0v) is 17.1. The summed E-state index contributed by atoms with van der Waals surface area (Å²) in [5.74, 6) is 1.86. The molecule has 10 heteroatoms. The fourth-order valence-electron chi connectivity index (χ4n) is 2.86. The maximum absolute atomic E-state index is 13.7. The molecular weight excluding hydrogens is 414 g/mol. The third-order valence-corrected chi connectivity index (χ3v) is 4.72. The van der Waals surface area contributed by atoms with Crippen LogP contribution in [-0.2, 0) is 0 Å². The SMILES string of the molecule is CNN.N=C(N)N1CCC(Cl)=C(c2ccc(NC(=O)c3c(F)cccc3F)cc2)C1. The first kappa shape index (κ1) is 23.3. The fraction of sp³-hybridized carbons (Fsp3) is 0.200. The minimum Gasteiger partial charge on any atom is -0.370 e. The van der Waals surface area contributed by atoms with Crippen molar-refractivity contribution in [2.45, 2.75) is 6.42 Å². The second kappa shape index (κ2) is 10.7. The maximum Gasteiger partial charge on any atom is 0.261 e. The molecule has 0 saturated heterocycles. The highest BCUT2D eigenvalue weighted by Gasteiger charge is 2.20. The number of hydrazine groups is 1. The lowest BCUT2D eigenvalue weighted by Crippen LogP contribution is -2.40. The van der Waals surface area contributed by atoms with Gasteiger partial charge in [-0.15, -0.1) is 0 Å². The molecule has 1 amide bonds. The number of anilines is 1. The van der Waals surface area contributed by atoms with E-state index in [9.17, 15) is 13.6 Å². The second-order valence-corrected chi connectivity index (χ2v) is 6.81. The molecule has 0 unspecified atom stereocenters. The van der Waals surface area contributed by atoms with Gasteiger partial charge in [0.05, 0.1) is 0 Å². The zero-order valence-electron chi connectivity index (χ0n) is 16.3. The molecule has 1 heterocycles. The third kappa shape index (κ3) is 5.76. The number of rotatable bonds is 3. The Morgan fingerprint density at radius 1 is 1.17 bits per heavy atom. The minimum atomic E-state index is -0.924. The van der Waals surface area contributed by atoms with Gasteiger partial charge >= 0.3 is 0 Å². The summed E-state index contributed by atoms with van der Waals surface area (Å²) in [4.78, 5) is 13.9. The summed E-state index contributed by atoms with van der Waals surface area (Å²) in [5.41, 5.74) is 9.22. The average molecular weight is 437 g/mol. The van der Waals surface area contributed by atoms with Crippen molar-refractivity contribution in [1.82, 2.24) is 10.3 Å². The number of nitrogens with zero attached hydrogens (tertiary/aromatic N) is 1. The van der Waals surface area contributed by atoms with E-state index in [2.05, 4.69) is 16.6 Å². The highest BCUT2D eigenvalue weighted by atomic mass is 35.5. The first-order chi connectivity index (χ1) is 14.3. The summed E-state index contributed by atoms with van der Waals surface area (Å²) in [6.45, 7) is 1.00. The molecule has 7 nitrogen and oxygen atoms in total. The van der Waals surface area contributed by atoms with Gasteiger partial charge in [0.25, 0.3) is 5.91 Å². The molecule has 0 fully saturated rings. The molecule has 3 rings (SSSR count). The molecule has 0 aromatic heterocycles. The number of halogens is 3. The Bertz CT molecular complexity index is 929. The first-order valence-corrected chi connectivity index (χ1v) is 9.35. The Hall–Kier alpha value is -3.01. The Kier molecular flexibility index (Phi) is 8.28. The molecule has 30 heavy (non-hydrogen) atoms. The number of hydrogen-bond donors (Lipinski definition) is 5. The Balaban J connectivity index is 0.00000101. The standard InChI is InChI=1S/C19H17ClF2N4O.CH6N2/c20-14-8-9-26(19(23)24)10-13(14)11-4-6-12(7-5-11)25-18(27)17-15(21)2-1-3-16(17)22;1-3-2/h1-7H,8-10H2,(H3,23,24)(H,25,27);3H,2H2,1H3. The molecule has 2 aromatic rings. The summed E-state index contributed by atoms with van der Waals surface area (Å²) < 4.78 is 27.4. The molecule has 0 atom stereocenters. The van der Waals surface area contributed by atoms with E-state index in [1.165, 1.54) is 6.07 Å². The third-order valence-electron chi connectivity index (χ3n) is 4.30. The minimum absolute atomic E-state index is 0.0209. The number of nitrogens with two attached hydrogens (primary N) is 2. The summed E-state index contributed by atoms with van der Waals surface area (Å²) in [5, 5.41) is 10.7. The van der Waals surface area contributed by atoms with Crippen LogP contribution in [0.1, 0.15) is 22.3 Å². The van der Waals surface area contributed by atoms with E-state index in [1.54, 1.807) is 36.2 Å². The summed E-state index contributed by atoms with van der Waals surface area (Å²) in [6.07, 6.45) is 0.585. The smallest absolute Gasteiger partial charge is 0.261 e. The monoisotopic (exact) mass is 436 g/mol. The number of nitrogens with one attached hydrogen (secondary N) is 3. The van der Waals surface area contributed by atoms with Gasteiger partial charge in [-0.1, -0.05) is 29.8 Å². The van der Waals surface area contributed by atoms with Crippen LogP contribution >= 0.6 is 11.6 Å². The molecular formula is C20H23ClF2N6O. The molecule has 2 aromatic carbocycles. The van der Waals surface area contributed by atoms with Crippen LogP contribution in [0.25, 0.3) is 5.57 Å². The summed E-state index contributed by atoms with van der Waals surface area (Å²) in [6, 6.07) is 9.98. The summed E-state index contributed by atoms with van der Waals surface area (Å²) >= 11 is 6.31. The molecule has 160 valence electrons. The van der Waals surface area contributed by atoms with E-state index in [-0.39, 0.29) is 5.96 Å². The van der Waals surface area contributed by atoms with Crippen LogP contribution in [-0.4, -0.2) is 36.9 Å². The molecule has 1 aliphatic rings. The largest absolute Gasteiger partial charge is 0.370 e. The van der Waals surface area contributed by atoms with Gasteiger partial charge in [-0.25, -0.2) is 8.78 Å². The number of benzene rings is 2. The fourth-order valence-corrected chi connectivity index (χ4v) is 3.11. The van der Waals surface area contributed by atoms with Crippen molar-refractivity contribution in [3.8, 4) is 0 Å². The van der Waals surface area contributed by atoms with Crippen molar-refractivity contribution in [1.29, 1.82) is 5.41 Å². The molecule has 0 radical (unpaired) electrons. The van der Waals surface area contributed by atoms with Gasteiger partial charge in [-0.2, -0.15) is 0 Å². The van der Waals surface area contributed by atoms with Crippen molar-refractivity contribution in [2.24, 2.45) is 11.6 Å². The van der Waals surface area contributed by atoms with Gasteiger partial charge in [0.15, 0.2) is 5.96 Å². The number of amides is 1. The highest BCUT2D eigenvalue weighted by Crippen LogP contribution is 2.29. The molecule has 0 spiro atoms. The van der Waals surface area contributed by atoms with Gasteiger partial charge in [-0.05, 0) is 42.4 Å². The average Bonchev–Trinajstić information content (AvgIpc) is 2.69. The Morgan fingerprint density at radius 2 is 1.73 bits per heavy atom. The lowest BCUT2D eigenvalue weighted by Gasteiger charge is -2.29. The highest BCUT2D eigenvalue weighted by molar-refractivity contribution is 6.33. The van der Waals surface area contributed by atoms with Gasteiger partial charge in [0, 0.05) is 30.2 Å². The van der Waals surface area contributed by atoms with Crippen molar-refractivity contribution in [2.75, 3.05) is 25.5 Å². The van der Waals surface area contributed by atoms with E-state index >= 15 is 0 Å². The van der Waals surface area contributed by atoms with Crippen molar-refractivity contribution in [3.05, 3.63) is 70.3 Å². The molecule has 0 aliphatic carbocycles. The van der Waals surface area contributed by atoms with Crippen LogP contribution in [0, 0.1) is 17.0 Å². The van der Waals surface area contributed by atoms with E-state index in [1.807, 2.05) is 0 Å². The predicted octanol–water partition coefficient (Wildman–Crippen LogP) is 2.85.